The molecule has 94 valence electrons. The molecule has 2 nitrogen and oxygen atoms in total. The molecule has 5 heteroatoms. The average molecular weight is 280 g/mol. The first kappa shape index (κ1) is 12.1. The Morgan fingerprint density at radius 1 is 1.44 bits per heavy atom. The Balaban J connectivity index is 2.12. The van der Waals surface area contributed by atoms with Crippen LogP contribution in [0.3, 0.4) is 0 Å². The normalized spacial score (nSPS) is 14.6. The fraction of sp³-hybridized carbons (Fsp3) is 0.308. The highest BCUT2D eigenvalue weighted by Gasteiger charge is 2.19. The molecule has 1 aromatic heterocycles. The largest absolute Gasteiger partial charge is 0.311 e. The molecule has 2 heterocycles. The summed E-state index contributed by atoms with van der Waals surface area (Å²) in [5.41, 5.74) is 1.79. The molecule has 2 aromatic rings. The van der Waals surface area contributed by atoms with Crippen molar-refractivity contribution < 1.29 is 4.39 Å². The zero-order chi connectivity index (χ0) is 12.5. The molecule has 0 atom stereocenters. The second kappa shape index (κ2) is 4.99. The number of hydrogen-bond donors (Lipinski definition) is 1. The van der Waals surface area contributed by atoms with Crippen LogP contribution in [0.1, 0.15) is 10.6 Å². The Morgan fingerprint density at radius 2 is 2.33 bits per heavy atom. The maximum atomic E-state index is 14.0. The highest BCUT2D eigenvalue weighted by atomic mass is 32.2. The van der Waals surface area contributed by atoms with Crippen LogP contribution in [0, 0.1) is 5.82 Å². The lowest BCUT2D eigenvalue weighted by Gasteiger charge is -2.09. The highest BCUT2D eigenvalue weighted by molar-refractivity contribution is 7.98. The van der Waals surface area contributed by atoms with Crippen LogP contribution in [0.4, 0.5) is 4.39 Å². The van der Waals surface area contributed by atoms with Crippen molar-refractivity contribution in [3.05, 3.63) is 34.6 Å². The zero-order valence-electron chi connectivity index (χ0n) is 10.00. The van der Waals surface area contributed by atoms with Gasteiger partial charge in [0, 0.05) is 29.3 Å². The van der Waals surface area contributed by atoms with Gasteiger partial charge in [0.25, 0.3) is 0 Å². The number of benzene rings is 1. The maximum absolute atomic E-state index is 14.0. The van der Waals surface area contributed by atoms with Crippen LogP contribution in [0.25, 0.3) is 10.6 Å². The van der Waals surface area contributed by atoms with Crippen LogP contribution in [0.2, 0.25) is 0 Å². The first-order valence-electron chi connectivity index (χ1n) is 5.82. The van der Waals surface area contributed by atoms with Gasteiger partial charge in [0.05, 0.1) is 11.3 Å². The molecule has 1 N–H and O–H groups in total. The first-order valence-corrected chi connectivity index (χ1v) is 7.86. The fourth-order valence-corrected chi connectivity index (χ4v) is 3.93. The summed E-state index contributed by atoms with van der Waals surface area (Å²) in [4.78, 5) is 6.81. The van der Waals surface area contributed by atoms with E-state index in [1.165, 1.54) is 10.9 Å². The van der Waals surface area contributed by atoms with E-state index in [4.69, 9.17) is 0 Å². The zero-order valence-corrected chi connectivity index (χ0v) is 11.6. The van der Waals surface area contributed by atoms with Gasteiger partial charge in [0.1, 0.15) is 10.8 Å². The van der Waals surface area contributed by atoms with Crippen LogP contribution in [-0.2, 0) is 13.0 Å². The van der Waals surface area contributed by atoms with Crippen LogP contribution in [0.15, 0.2) is 23.1 Å². The summed E-state index contributed by atoms with van der Waals surface area (Å²) < 4.78 is 14.0. The van der Waals surface area contributed by atoms with E-state index in [0.29, 0.717) is 5.56 Å². The van der Waals surface area contributed by atoms with Crippen LogP contribution >= 0.6 is 23.1 Å². The molecule has 0 saturated carbocycles. The van der Waals surface area contributed by atoms with E-state index in [-0.39, 0.29) is 5.82 Å². The lowest BCUT2D eigenvalue weighted by atomic mass is 10.2. The molecule has 1 aliphatic rings. The lowest BCUT2D eigenvalue weighted by Crippen LogP contribution is -2.22. The molecule has 0 amide bonds. The molecule has 0 radical (unpaired) electrons. The van der Waals surface area contributed by atoms with Gasteiger partial charge in [-0.1, -0.05) is 6.07 Å². The SMILES string of the molecule is CSc1cccc(F)c1-c1nc2c(s1)CNCC2. The third kappa shape index (κ3) is 2.06. The van der Waals surface area contributed by atoms with Gasteiger partial charge in [-0.3, -0.25) is 0 Å². The first-order chi connectivity index (χ1) is 8.79. The van der Waals surface area contributed by atoms with Gasteiger partial charge in [0.15, 0.2) is 0 Å². The van der Waals surface area contributed by atoms with Crippen LogP contribution in [-0.4, -0.2) is 17.8 Å². The molecule has 0 aliphatic carbocycles. The number of halogens is 1. The summed E-state index contributed by atoms with van der Waals surface area (Å²) in [5.74, 6) is -0.180. The van der Waals surface area contributed by atoms with Gasteiger partial charge in [-0.2, -0.15) is 0 Å². The molecule has 0 saturated heterocycles. The summed E-state index contributed by atoms with van der Waals surface area (Å²) in [6.07, 6.45) is 2.90. The van der Waals surface area contributed by atoms with Gasteiger partial charge in [-0.25, -0.2) is 9.37 Å². The average Bonchev–Trinajstić information content (AvgIpc) is 2.81. The summed E-state index contributed by atoms with van der Waals surface area (Å²) in [7, 11) is 0. The molecule has 3 rings (SSSR count). The molecular formula is C13H13FN2S2. The molecule has 0 unspecified atom stereocenters. The minimum absolute atomic E-state index is 0.180. The summed E-state index contributed by atoms with van der Waals surface area (Å²) >= 11 is 3.17. The quantitative estimate of drug-likeness (QED) is 0.854. The third-order valence-electron chi connectivity index (χ3n) is 3.01. The van der Waals surface area contributed by atoms with Crippen LogP contribution < -0.4 is 5.32 Å². The van der Waals surface area contributed by atoms with Crippen molar-refractivity contribution >= 4 is 23.1 Å². The number of nitrogens with zero attached hydrogens (tertiary/aromatic N) is 1. The van der Waals surface area contributed by atoms with Gasteiger partial charge in [-0.15, -0.1) is 23.1 Å². The Bertz CT molecular complexity index is 557. The number of aromatic nitrogens is 1. The number of rotatable bonds is 2. The minimum Gasteiger partial charge on any atom is -0.311 e. The number of nitrogens with one attached hydrogen (secondary N) is 1. The van der Waals surface area contributed by atoms with E-state index in [9.17, 15) is 4.39 Å². The fourth-order valence-electron chi connectivity index (χ4n) is 2.11. The predicted molar refractivity (Wildman–Crippen MR) is 74.7 cm³/mol. The molecule has 0 fully saturated rings. The van der Waals surface area contributed by atoms with Gasteiger partial charge >= 0.3 is 0 Å². The van der Waals surface area contributed by atoms with Crippen molar-refractivity contribution in [3.8, 4) is 10.6 Å². The molecule has 18 heavy (non-hydrogen) atoms. The molecule has 0 bridgehead atoms. The Labute approximate surface area is 114 Å². The molecule has 1 aliphatic heterocycles. The highest BCUT2D eigenvalue weighted by Crippen LogP contribution is 2.36. The van der Waals surface area contributed by atoms with Crippen LogP contribution in [0.5, 0.6) is 0 Å². The van der Waals surface area contributed by atoms with Gasteiger partial charge < -0.3 is 5.32 Å². The van der Waals surface area contributed by atoms with E-state index in [1.54, 1.807) is 29.2 Å². The van der Waals surface area contributed by atoms with E-state index < -0.39 is 0 Å². The summed E-state index contributed by atoms with van der Waals surface area (Å²) in [6.45, 7) is 1.82. The number of thiazole rings is 1. The number of hydrogen-bond acceptors (Lipinski definition) is 4. The Morgan fingerprint density at radius 3 is 3.11 bits per heavy atom. The van der Waals surface area contributed by atoms with Crippen molar-refractivity contribution in [1.29, 1.82) is 0 Å². The maximum Gasteiger partial charge on any atom is 0.134 e. The standard InChI is InChI=1S/C13H13FN2S2/c1-17-10-4-2-3-8(14)12(10)13-16-9-5-6-15-7-11(9)18-13/h2-4,15H,5-7H2,1H3. The smallest absolute Gasteiger partial charge is 0.134 e. The van der Waals surface area contributed by atoms with Crippen molar-refractivity contribution in [1.82, 2.24) is 10.3 Å². The third-order valence-corrected chi connectivity index (χ3v) is 4.91. The van der Waals surface area contributed by atoms with Gasteiger partial charge in [0.2, 0.25) is 0 Å². The molecule has 0 spiro atoms. The van der Waals surface area contributed by atoms with E-state index in [0.717, 1.165) is 35.1 Å². The minimum atomic E-state index is -0.180. The second-order valence-corrected chi connectivity index (χ2v) is 6.06. The van der Waals surface area contributed by atoms with Crippen molar-refractivity contribution in [2.45, 2.75) is 17.9 Å². The summed E-state index contributed by atoms with van der Waals surface area (Å²) in [5, 5.41) is 4.13. The van der Waals surface area contributed by atoms with E-state index in [2.05, 4.69) is 10.3 Å². The monoisotopic (exact) mass is 280 g/mol. The van der Waals surface area contributed by atoms with Crippen molar-refractivity contribution in [2.75, 3.05) is 12.8 Å². The number of fused-ring (bicyclic) bond motifs is 1. The van der Waals surface area contributed by atoms with E-state index >= 15 is 0 Å². The van der Waals surface area contributed by atoms with Crippen molar-refractivity contribution in [3.63, 3.8) is 0 Å². The Hall–Kier alpha value is -0.910. The van der Waals surface area contributed by atoms with Crippen molar-refractivity contribution in [2.24, 2.45) is 0 Å². The lowest BCUT2D eigenvalue weighted by molar-refractivity contribution is 0.627. The Kier molecular flexibility index (Phi) is 3.37. The molecular weight excluding hydrogens is 267 g/mol. The predicted octanol–water partition coefficient (Wildman–Crippen LogP) is 3.32. The topological polar surface area (TPSA) is 24.9 Å². The summed E-state index contributed by atoms with van der Waals surface area (Å²) in [6, 6.07) is 5.20. The number of thioether (sulfide) groups is 1. The second-order valence-electron chi connectivity index (χ2n) is 4.13. The molecule has 1 aromatic carbocycles. The van der Waals surface area contributed by atoms with E-state index in [1.807, 2.05) is 12.3 Å². The van der Waals surface area contributed by atoms with Gasteiger partial charge in [-0.05, 0) is 18.4 Å².